The molecule has 2 rings (SSSR count). The molecule has 0 bridgehead atoms. The maximum absolute atomic E-state index is 11.8. The summed E-state index contributed by atoms with van der Waals surface area (Å²) in [7, 11) is 0. The molecule has 1 unspecified atom stereocenters. The molecule has 1 amide bonds. The molecule has 1 saturated carbocycles. The first kappa shape index (κ1) is 13.1. The van der Waals surface area contributed by atoms with Crippen molar-refractivity contribution in [1.29, 1.82) is 0 Å². The minimum Gasteiger partial charge on any atom is -0.391 e. The van der Waals surface area contributed by atoms with Crippen LogP contribution in [0, 0.1) is 5.92 Å². The number of thiophene rings is 1. The molecule has 1 aromatic rings. The Balaban J connectivity index is 1.82. The van der Waals surface area contributed by atoms with Gasteiger partial charge >= 0.3 is 0 Å². The van der Waals surface area contributed by atoms with Gasteiger partial charge in [-0.25, -0.2) is 0 Å². The van der Waals surface area contributed by atoms with Gasteiger partial charge in [0.25, 0.3) is 5.91 Å². The van der Waals surface area contributed by atoms with Crippen molar-refractivity contribution >= 4 is 33.2 Å². The van der Waals surface area contributed by atoms with Crippen LogP contribution in [0.4, 0.5) is 0 Å². The molecular formula is C12H16BrNO2S. The first-order valence-corrected chi connectivity index (χ1v) is 7.55. The predicted molar refractivity (Wildman–Crippen MR) is 72.3 cm³/mol. The normalized spacial score (nSPS) is 18.2. The van der Waals surface area contributed by atoms with Gasteiger partial charge in [-0.15, -0.1) is 11.3 Å². The van der Waals surface area contributed by atoms with Crippen LogP contribution >= 0.6 is 27.3 Å². The van der Waals surface area contributed by atoms with Crippen LogP contribution < -0.4 is 5.32 Å². The first-order valence-electron chi connectivity index (χ1n) is 5.87. The Morgan fingerprint density at radius 3 is 2.88 bits per heavy atom. The highest BCUT2D eigenvalue weighted by Gasteiger charge is 2.23. The molecule has 1 fully saturated rings. The van der Waals surface area contributed by atoms with Gasteiger partial charge < -0.3 is 10.4 Å². The molecule has 0 aromatic carbocycles. The second-order valence-electron chi connectivity index (χ2n) is 4.42. The molecule has 94 valence electrons. The summed E-state index contributed by atoms with van der Waals surface area (Å²) in [6.07, 6.45) is 4.16. The summed E-state index contributed by atoms with van der Waals surface area (Å²) in [4.78, 5) is 12.5. The van der Waals surface area contributed by atoms with Crippen LogP contribution in [-0.2, 0) is 0 Å². The SMILES string of the molecule is O=C(NCC(O)C1CCCC1)c1sccc1Br. The average Bonchev–Trinajstić information content (AvgIpc) is 2.95. The van der Waals surface area contributed by atoms with Gasteiger partial charge in [0.2, 0.25) is 0 Å². The lowest BCUT2D eigenvalue weighted by molar-refractivity contribution is 0.0843. The Labute approximate surface area is 113 Å². The maximum atomic E-state index is 11.8. The van der Waals surface area contributed by atoms with E-state index in [1.165, 1.54) is 24.2 Å². The molecule has 17 heavy (non-hydrogen) atoms. The molecule has 5 heteroatoms. The molecule has 1 aliphatic carbocycles. The molecule has 1 aromatic heterocycles. The van der Waals surface area contributed by atoms with Gasteiger partial charge in [-0.05, 0) is 46.1 Å². The van der Waals surface area contributed by atoms with Crippen molar-refractivity contribution < 1.29 is 9.90 Å². The first-order chi connectivity index (χ1) is 8.18. The zero-order valence-electron chi connectivity index (χ0n) is 9.49. The van der Waals surface area contributed by atoms with Crippen LogP contribution in [0.15, 0.2) is 15.9 Å². The van der Waals surface area contributed by atoms with E-state index in [1.807, 2.05) is 11.4 Å². The number of amides is 1. The number of rotatable bonds is 4. The predicted octanol–water partition coefficient (Wildman–Crippen LogP) is 2.79. The molecule has 0 saturated heterocycles. The monoisotopic (exact) mass is 317 g/mol. The molecule has 1 atom stereocenters. The summed E-state index contributed by atoms with van der Waals surface area (Å²) in [5.41, 5.74) is 0. The minimum absolute atomic E-state index is 0.107. The van der Waals surface area contributed by atoms with Crippen LogP contribution in [0.5, 0.6) is 0 Å². The highest BCUT2D eigenvalue weighted by atomic mass is 79.9. The number of aliphatic hydroxyl groups is 1. The Kier molecular flexibility index (Phi) is 4.59. The van der Waals surface area contributed by atoms with Gasteiger partial charge in [-0.1, -0.05) is 12.8 Å². The lowest BCUT2D eigenvalue weighted by Gasteiger charge is -2.17. The second kappa shape index (κ2) is 5.98. The van der Waals surface area contributed by atoms with Gasteiger partial charge in [0.15, 0.2) is 0 Å². The van der Waals surface area contributed by atoms with Crippen molar-refractivity contribution in [3.63, 3.8) is 0 Å². The number of aliphatic hydroxyl groups excluding tert-OH is 1. The third kappa shape index (κ3) is 3.30. The smallest absolute Gasteiger partial charge is 0.262 e. The Hall–Kier alpha value is -0.390. The fraction of sp³-hybridized carbons (Fsp3) is 0.583. The minimum atomic E-state index is -0.403. The van der Waals surface area contributed by atoms with Gasteiger partial charge in [0, 0.05) is 11.0 Å². The molecular weight excluding hydrogens is 302 g/mol. The van der Waals surface area contributed by atoms with Crippen LogP contribution in [0.1, 0.15) is 35.4 Å². The number of nitrogens with one attached hydrogen (secondary N) is 1. The van der Waals surface area contributed by atoms with E-state index < -0.39 is 6.10 Å². The quantitative estimate of drug-likeness (QED) is 0.897. The zero-order chi connectivity index (χ0) is 12.3. The van der Waals surface area contributed by atoms with Crippen molar-refractivity contribution in [2.45, 2.75) is 31.8 Å². The lowest BCUT2D eigenvalue weighted by atomic mass is 10.0. The van der Waals surface area contributed by atoms with E-state index in [1.54, 1.807) is 0 Å². The van der Waals surface area contributed by atoms with Crippen LogP contribution in [0.3, 0.4) is 0 Å². The Morgan fingerprint density at radius 2 is 2.29 bits per heavy atom. The van der Waals surface area contributed by atoms with Gasteiger partial charge in [-0.3, -0.25) is 4.79 Å². The van der Waals surface area contributed by atoms with Crippen LogP contribution in [-0.4, -0.2) is 23.7 Å². The average molecular weight is 318 g/mol. The summed E-state index contributed by atoms with van der Waals surface area (Å²) in [6, 6.07) is 1.85. The highest BCUT2D eigenvalue weighted by Crippen LogP contribution is 2.27. The van der Waals surface area contributed by atoms with Crippen molar-refractivity contribution in [2.24, 2.45) is 5.92 Å². The second-order valence-corrected chi connectivity index (χ2v) is 6.19. The standard InChI is InChI=1S/C12H16BrNO2S/c13-9-5-6-17-11(9)12(16)14-7-10(15)8-3-1-2-4-8/h5-6,8,10,15H,1-4,7H2,(H,14,16). The Morgan fingerprint density at radius 1 is 1.59 bits per heavy atom. The zero-order valence-corrected chi connectivity index (χ0v) is 11.9. The van der Waals surface area contributed by atoms with Crippen molar-refractivity contribution in [3.05, 3.63) is 20.8 Å². The van der Waals surface area contributed by atoms with Gasteiger partial charge in [-0.2, -0.15) is 0 Å². The van der Waals surface area contributed by atoms with Gasteiger partial charge in [0.1, 0.15) is 4.88 Å². The summed E-state index contributed by atoms with van der Waals surface area (Å²) in [5, 5.41) is 14.6. The van der Waals surface area contributed by atoms with E-state index in [-0.39, 0.29) is 5.91 Å². The summed E-state index contributed by atoms with van der Waals surface area (Å²) >= 11 is 4.73. The van der Waals surface area contributed by atoms with E-state index in [0.29, 0.717) is 17.3 Å². The molecule has 1 aliphatic rings. The van der Waals surface area contributed by atoms with Crippen LogP contribution in [0.25, 0.3) is 0 Å². The summed E-state index contributed by atoms with van der Waals surface area (Å²) in [5.74, 6) is 0.256. The van der Waals surface area contributed by atoms with E-state index >= 15 is 0 Å². The van der Waals surface area contributed by atoms with E-state index in [2.05, 4.69) is 21.2 Å². The Bertz CT molecular complexity index is 388. The van der Waals surface area contributed by atoms with E-state index in [4.69, 9.17) is 0 Å². The maximum Gasteiger partial charge on any atom is 0.262 e. The van der Waals surface area contributed by atoms with Gasteiger partial charge in [0.05, 0.1) is 6.10 Å². The third-order valence-corrected chi connectivity index (χ3v) is 5.08. The van der Waals surface area contributed by atoms with Crippen molar-refractivity contribution in [2.75, 3.05) is 6.54 Å². The van der Waals surface area contributed by atoms with E-state index in [0.717, 1.165) is 17.3 Å². The molecule has 0 aliphatic heterocycles. The molecule has 0 radical (unpaired) electrons. The van der Waals surface area contributed by atoms with Crippen molar-refractivity contribution in [1.82, 2.24) is 5.32 Å². The van der Waals surface area contributed by atoms with Crippen LogP contribution in [0.2, 0.25) is 0 Å². The fourth-order valence-electron chi connectivity index (χ4n) is 2.24. The fourth-order valence-corrected chi connectivity index (χ4v) is 3.71. The molecule has 0 spiro atoms. The number of carbonyl (C=O) groups excluding carboxylic acids is 1. The summed E-state index contributed by atoms with van der Waals surface area (Å²) < 4.78 is 0.815. The number of carbonyl (C=O) groups is 1. The van der Waals surface area contributed by atoms with E-state index in [9.17, 15) is 9.90 Å². The number of halogens is 1. The number of hydrogen-bond acceptors (Lipinski definition) is 3. The molecule has 2 N–H and O–H groups in total. The topological polar surface area (TPSA) is 49.3 Å². The third-order valence-electron chi connectivity index (χ3n) is 3.24. The molecule has 3 nitrogen and oxygen atoms in total. The largest absolute Gasteiger partial charge is 0.391 e. The highest BCUT2D eigenvalue weighted by molar-refractivity contribution is 9.10. The molecule has 1 heterocycles. The van der Waals surface area contributed by atoms with Crippen molar-refractivity contribution in [3.8, 4) is 0 Å². The summed E-state index contributed by atoms with van der Waals surface area (Å²) in [6.45, 7) is 0.355. The number of hydrogen-bond donors (Lipinski definition) is 2. The lowest BCUT2D eigenvalue weighted by Crippen LogP contribution is -2.35.